The number of halogens is 2. The van der Waals surface area contributed by atoms with Gasteiger partial charge in [0, 0.05) is 28.6 Å². The van der Waals surface area contributed by atoms with Crippen LogP contribution >= 0.6 is 35.0 Å². The lowest BCUT2D eigenvalue weighted by Gasteiger charge is -2.38. The fourth-order valence-corrected chi connectivity index (χ4v) is 5.19. The molecule has 0 amide bonds. The maximum absolute atomic E-state index is 13.6. The van der Waals surface area contributed by atoms with E-state index < -0.39 is 23.8 Å². The molecule has 0 saturated heterocycles. The molecular formula is C24H27Cl2NO5S. The first-order valence-corrected chi connectivity index (χ1v) is 12.6. The van der Waals surface area contributed by atoms with Crippen LogP contribution in [0.5, 0.6) is 0 Å². The SMILES string of the molecule is CCSCCOC(=O)C1=C(C)NC2=C(C(=O)[C@@H](C(=O)OC)[C@H](C)C2)[C@H]1c1ccc(Cl)c(Cl)c1. The van der Waals surface area contributed by atoms with Crippen LogP contribution in [0.15, 0.2) is 40.7 Å². The van der Waals surface area contributed by atoms with Crippen molar-refractivity contribution >= 4 is 52.7 Å². The van der Waals surface area contributed by atoms with Crippen molar-refractivity contribution in [3.63, 3.8) is 0 Å². The third kappa shape index (κ3) is 5.26. The number of methoxy groups -OCH3 is 1. The molecular weight excluding hydrogens is 485 g/mol. The number of ether oxygens (including phenoxy) is 2. The molecule has 33 heavy (non-hydrogen) atoms. The molecule has 178 valence electrons. The molecule has 6 nitrogen and oxygen atoms in total. The van der Waals surface area contributed by atoms with Crippen LogP contribution in [0.3, 0.4) is 0 Å². The summed E-state index contributed by atoms with van der Waals surface area (Å²) < 4.78 is 10.5. The largest absolute Gasteiger partial charge is 0.468 e. The van der Waals surface area contributed by atoms with E-state index in [4.69, 9.17) is 32.7 Å². The molecule has 3 rings (SSSR count). The first kappa shape index (κ1) is 25.7. The maximum atomic E-state index is 13.6. The second kappa shape index (κ2) is 11.0. The number of benzene rings is 1. The van der Waals surface area contributed by atoms with Crippen molar-refractivity contribution in [2.45, 2.75) is 33.1 Å². The Morgan fingerprint density at radius 1 is 1.24 bits per heavy atom. The van der Waals surface area contributed by atoms with Gasteiger partial charge in [0.15, 0.2) is 5.78 Å². The van der Waals surface area contributed by atoms with E-state index in [1.165, 1.54) is 7.11 Å². The number of esters is 2. The molecule has 3 atom stereocenters. The predicted octanol–water partition coefficient (Wildman–Crippen LogP) is 4.90. The number of allylic oxidation sites excluding steroid dienone is 3. The number of hydrogen-bond acceptors (Lipinski definition) is 7. The monoisotopic (exact) mass is 511 g/mol. The van der Waals surface area contributed by atoms with Gasteiger partial charge in [0.25, 0.3) is 0 Å². The molecule has 1 aromatic carbocycles. The Bertz CT molecular complexity index is 1040. The van der Waals surface area contributed by atoms with Crippen LogP contribution in [-0.4, -0.2) is 42.9 Å². The van der Waals surface area contributed by atoms with E-state index in [1.807, 2.05) is 13.8 Å². The Morgan fingerprint density at radius 2 is 1.97 bits per heavy atom. The molecule has 1 aliphatic carbocycles. The second-order valence-electron chi connectivity index (χ2n) is 8.04. The van der Waals surface area contributed by atoms with Crippen LogP contribution < -0.4 is 5.32 Å². The highest BCUT2D eigenvalue weighted by Gasteiger charge is 2.47. The lowest BCUT2D eigenvalue weighted by Crippen LogP contribution is -2.43. The maximum Gasteiger partial charge on any atom is 0.336 e. The van der Waals surface area contributed by atoms with Gasteiger partial charge in [-0.3, -0.25) is 9.59 Å². The lowest BCUT2D eigenvalue weighted by molar-refractivity contribution is -0.151. The number of carbonyl (C=O) groups is 3. The van der Waals surface area contributed by atoms with Gasteiger partial charge in [-0.1, -0.05) is 43.1 Å². The van der Waals surface area contributed by atoms with Crippen molar-refractivity contribution in [3.8, 4) is 0 Å². The molecule has 0 unspecified atom stereocenters. The minimum atomic E-state index is -0.947. The quantitative estimate of drug-likeness (QED) is 0.316. The summed E-state index contributed by atoms with van der Waals surface area (Å²) in [7, 11) is 1.27. The minimum Gasteiger partial charge on any atom is -0.468 e. The van der Waals surface area contributed by atoms with E-state index in [0.717, 1.165) is 5.75 Å². The lowest BCUT2D eigenvalue weighted by atomic mass is 9.69. The summed E-state index contributed by atoms with van der Waals surface area (Å²) >= 11 is 14.1. The highest BCUT2D eigenvalue weighted by atomic mass is 35.5. The van der Waals surface area contributed by atoms with Crippen molar-refractivity contribution in [2.75, 3.05) is 25.2 Å². The Labute approximate surface area is 208 Å². The number of nitrogens with one attached hydrogen (secondary N) is 1. The first-order valence-electron chi connectivity index (χ1n) is 10.7. The third-order valence-corrected chi connectivity index (χ3v) is 7.51. The summed E-state index contributed by atoms with van der Waals surface area (Å²) in [6, 6.07) is 5.02. The zero-order valence-corrected chi connectivity index (χ0v) is 21.3. The summed E-state index contributed by atoms with van der Waals surface area (Å²) in [5.74, 6) is -1.80. The number of rotatable bonds is 7. The summed E-state index contributed by atoms with van der Waals surface area (Å²) in [4.78, 5) is 39.3. The topological polar surface area (TPSA) is 81.7 Å². The van der Waals surface area contributed by atoms with Crippen LogP contribution in [0.25, 0.3) is 0 Å². The van der Waals surface area contributed by atoms with Crippen molar-refractivity contribution in [2.24, 2.45) is 11.8 Å². The van der Waals surface area contributed by atoms with E-state index in [1.54, 1.807) is 36.9 Å². The average Bonchev–Trinajstić information content (AvgIpc) is 2.77. The van der Waals surface area contributed by atoms with Gasteiger partial charge in [0.05, 0.1) is 22.7 Å². The molecule has 0 aromatic heterocycles. The van der Waals surface area contributed by atoms with Crippen LogP contribution in [0.2, 0.25) is 10.0 Å². The van der Waals surface area contributed by atoms with Crippen molar-refractivity contribution in [1.29, 1.82) is 0 Å². The normalized spacial score (nSPS) is 22.6. The molecule has 0 fully saturated rings. The van der Waals surface area contributed by atoms with Gasteiger partial charge >= 0.3 is 11.9 Å². The number of carbonyl (C=O) groups excluding carboxylic acids is 3. The highest BCUT2D eigenvalue weighted by molar-refractivity contribution is 7.99. The predicted molar refractivity (Wildman–Crippen MR) is 130 cm³/mol. The Balaban J connectivity index is 2.10. The molecule has 0 spiro atoms. The Kier molecular flexibility index (Phi) is 8.54. The molecule has 1 aliphatic heterocycles. The molecule has 0 radical (unpaired) electrons. The first-order chi connectivity index (χ1) is 15.7. The van der Waals surface area contributed by atoms with Crippen LogP contribution in [0.1, 0.15) is 38.7 Å². The summed E-state index contributed by atoms with van der Waals surface area (Å²) in [5, 5.41) is 3.90. The summed E-state index contributed by atoms with van der Waals surface area (Å²) in [6.07, 6.45) is 0.464. The van der Waals surface area contributed by atoms with Crippen molar-refractivity contribution < 1.29 is 23.9 Å². The van der Waals surface area contributed by atoms with Crippen LogP contribution in [-0.2, 0) is 23.9 Å². The molecule has 2 aliphatic rings. The van der Waals surface area contributed by atoms with Gasteiger partial charge in [-0.25, -0.2) is 4.79 Å². The number of ketones is 1. The fraction of sp³-hybridized carbons (Fsp3) is 0.458. The molecule has 0 bridgehead atoms. The van der Waals surface area contributed by atoms with E-state index in [-0.39, 0.29) is 18.3 Å². The van der Waals surface area contributed by atoms with Crippen molar-refractivity contribution in [1.82, 2.24) is 5.32 Å². The molecule has 1 N–H and O–H groups in total. The van der Waals surface area contributed by atoms with Gasteiger partial charge in [-0.2, -0.15) is 11.8 Å². The van der Waals surface area contributed by atoms with Gasteiger partial charge in [-0.05, 0) is 42.7 Å². The second-order valence-corrected chi connectivity index (χ2v) is 10.3. The Morgan fingerprint density at radius 3 is 2.61 bits per heavy atom. The number of dihydropyridines is 1. The fourth-order valence-electron chi connectivity index (χ4n) is 4.39. The number of hydrogen-bond donors (Lipinski definition) is 1. The number of thioether (sulfide) groups is 1. The summed E-state index contributed by atoms with van der Waals surface area (Å²) in [5.41, 5.74) is 2.61. The van der Waals surface area contributed by atoms with Crippen LogP contribution in [0, 0.1) is 11.8 Å². The molecule has 9 heteroatoms. The molecule has 1 aromatic rings. The standard InChI is InChI=1S/C24H27Cl2NO5S/c1-5-33-9-8-32-24(30)19-13(3)27-17-10-12(2)18(23(29)31-4)22(28)21(17)20(19)14-6-7-15(25)16(26)11-14/h6-7,11-12,18,20,27H,5,8-10H2,1-4H3/t12-,18+,20+/m1/s1. The molecule has 1 heterocycles. The summed E-state index contributed by atoms with van der Waals surface area (Å²) in [6.45, 7) is 5.91. The van der Waals surface area contributed by atoms with Crippen LogP contribution in [0.4, 0.5) is 0 Å². The third-order valence-electron chi connectivity index (χ3n) is 5.90. The van der Waals surface area contributed by atoms with Crippen molar-refractivity contribution in [3.05, 3.63) is 56.3 Å². The van der Waals surface area contributed by atoms with E-state index >= 15 is 0 Å². The smallest absolute Gasteiger partial charge is 0.336 e. The van der Waals surface area contributed by atoms with Gasteiger partial charge in [-0.15, -0.1) is 0 Å². The average molecular weight is 512 g/mol. The number of Topliss-reactive ketones (excluding diaryl/α,β-unsaturated/α-hetero) is 1. The van der Waals surface area contributed by atoms with Gasteiger partial charge < -0.3 is 14.8 Å². The zero-order valence-electron chi connectivity index (χ0n) is 19.0. The Hall–Kier alpha value is -1.96. The van der Waals surface area contributed by atoms with Gasteiger partial charge in [0.1, 0.15) is 12.5 Å². The van der Waals surface area contributed by atoms with E-state index in [2.05, 4.69) is 5.32 Å². The van der Waals surface area contributed by atoms with E-state index in [9.17, 15) is 14.4 Å². The van der Waals surface area contributed by atoms with E-state index in [0.29, 0.717) is 50.3 Å². The minimum absolute atomic E-state index is 0.252. The van der Waals surface area contributed by atoms with Gasteiger partial charge in [0.2, 0.25) is 0 Å². The molecule has 0 saturated carbocycles. The zero-order chi connectivity index (χ0) is 24.3. The highest BCUT2D eigenvalue weighted by Crippen LogP contribution is 2.46.